The van der Waals surface area contributed by atoms with Crippen LogP contribution in [0.25, 0.3) is 10.9 Å². The van der Waals surface area contributed by atoms with Crippen molar-refractivity contribution in [3.8, 4) is 0 Å². The molecule has 0 aliphatic rings. The Morgan fingerprint density at radius 2 is 1.68 bits per heavy atom. The van der Waals surface area contributed by atoms with Gasteiger partial charge in [-0.25, -0.2) is 0 Å². The highest BCUT2D eigenvalue weighted by Gasteiger charge is 2.08. The van der Waals surface area contributed by atoms with Crippen LogP contribution in [-0.2, 0) is 6.54 Å². The molecule has 0 saturated carbocycles. The Kier molecular flexibility index (Phi) is 3.36. The third kappa shape index (κ3) is 2.42. The Hall–Kier alpha value is -1.64. The first-order valence-corrected chi connectivity index (χ1v) is 6.75. The highest BCUT2D eigenvalue weighted by atomic mass is 35.5. The predicted molar refractivity (Wildman–Crippen MR) is 82.1 cm³/mol. The number of aromatic nitrogens is 1. The molecule has 0 radical (unpaired) electrons. The van der Waals surface area contributed by atoms with E-state index in [4.69, 9.17) is 23.2 Å². The van der Waals surface area contributed by atoms with Crippen LogP contribution in [0.2, 0.25) is 10.0 Å². The molecule has 4 heteroatoms. The molecule has 3 aromatic rings. The van der Waals surface area contributed by atoms with Gasteiger partial charge in [0.1, 0.15) is 0 Å². The molecule has 0 aliphatic carbocycles. The van der Waals surface area contributed by atoms with Crippen LogP contribution in [0.4, 0.5) is 5.69 Å². The minimum atomic E-state index is 0.608. The molecule has 0 atom stereocenters. The van der Waals surface area contributed by atoms with Gasteiger partial charge in [0, 0.05) is 10.9 Å². The van der Waals surface area contributed by atoms with Gasteiger partial charge < -0.3 is 10.3 Å². The van der Waals surface area contributed by atoms with Crippen molar-refractivity contribution in [3.63, 3.8) is 0 Å². The van der Waals surface area contributed by atoms with Crippen LogP contribution in [-0.4, -0.2) is 4.98 Å². The molecule has 0 amide bonds. The van der Waals surface area contributed by atoms with Crippen molar-refractivity contribution in [2.24, 2.45) is 0 Å². The molecule has 3 rings (SSSR count). The summed E-state index contributed by atoms with van der Waals surface area (Å²) >= 11 is 12.5. The number of hydrogen-bond donors (Lipinski definition) is 2. The summed E-state index contributed by atoms with van der Waals surface area (Å²) in [6.45, 7) is 0.608. The Balaban J connectivity index is 1.86. The van der Waals surface area contributed by atoms with Crippen LogP contribution in [0.15, 0.2) is 48.5 Å². The largest absolute Gasteiger partial charge is 0.378 e. The van der Waals surface area contributed by atoms with E-state index in [0.29, 0.717) is 11.6 Å². The van der Waals surface area contributed by atoms with Crippen LogP contribution in [0, 0.1) is 0 Å². The van der Waals surface area contributed by atoms with Crippen molar-refractivity contribution in [3.05, 3.63) is 64.3 Å². The highest BCUT2D eigenvalue weighted by molar-refractivity contribution is 6.36. The standard InChI is InChI=1S/C15H12Cl2N2/c16-11-6-2-4-8-13(11)18-9-14-15(17)10-5-1-3-7-12(10)19-14/h1-8,18-19H,9H2. The van der Waals surface area contributed by atoms with Gasteiger partial charge in [0.25, 0.3) is 0 Å². The lowest BCUT2D eigenvalue weighted by molar-refractivity contribution is 1.09. The topological polar surface area (TPSA) is 27.8 Å². The zero-order chi connectivity index (χ0) is 13.2. The molecule has 2 nitrogen and oxygen atoms in total. The van der Waals surface area contributed by atoms with Gasteiger partial charge in [-0.05, 0) is 18.2 Å². The molecule has 0 bridgehead atoms. The second kappa shape index (κ2) is 5.16. The highest BCUT2D eigenvalue weighted by Crippen LogP contribution is 2.28. The van der Waals surface area contributed by atoms with Crippen LogP contribution in [0.1, 0.15) is 5.69 Å². The van der Waals surface area contributed by atoms with Crippen LogP contribution in [0.3, 0.4) is 0 Å². The summed E-state index contributed by atoms with van der Waals surface area (Å²) in [5.41, 5.74) is 2.91. The minimum absolute atomic E-state index is 0.608. The van der Waals surface area contributed by atoms with Crippen LogP contribution < -0.4 is 5.32 Å². The average Bonchev–Trinajstić information content (AvgIpc) is 2.75. The molecule has 1 aromatic heterocycles. The third-order valence-electron chi connectivity index (χ3n) is 3.04. The lowest BCUT2D eigenvalue weighted by Crippen LogP contribution is -2.00. The first kappa shape index (κ1) is 12.4. The molecule has 0 fully saturated rings. The lowest BCUT2D eigenvalue weighted by Gasteiger charge is -2.07. The summed E-state index contributed by atoms with van der Waals surface area (Å²) in [5, 5.41) is 5.79. The number of benzene rings is 2. The summed E-state index contributed by atoms with van der Waals surface area (Å²) in [6, 6.07) is 15.6. The smallest absolute Gasteiger partial charge is 0.0710 e. The van der Waals surface area contributed by atoms with E-state index >= 15 is 0 Å². The van der Waals surface area contributed by atoms with Gasteiger partial charge in [-0.2, -0.15) is 0 Å². The number of fused-ring (bicyclic) bond motifs is 1. The zero-order valence-electron chi connectivity index (χ0n) is 10.1. The fourth-order valence-electron chi connectivity index (χ4n) is 2.07. The zero-order valence-corrected chi connectivity index (χ0v) is 11.6. The molecule has 2 N–H and O–H groups in total. The number of nitrogens with one attached hydrogen (secondary N) is 2. The van der Waals surface area contributed by atoms with Crippen molar-refractivity contribution >= 4 is 39.8 Å². The van der Waals surface area contributed by atoms with E-state index < -0.39 is 0 Å². The van der Waals surface area contributed by atoms with E-state index in [2.05, 4.69) is 10.3 Å². The van der Waals surface area contributed by atoms with E-state index in [0.717, 1.165) is 27.3 Å². The van der Waals surface area contributed by atoms with Gasteiger partial charge in [-0.3, -0.25) is 0 Å². The van der Waals surface area contributed by atoms with Crippen molar-refractivity contribution < 1.29 is 0 Å². The van der Waals surface area contributed by atoms with Gasteiger partial charge in [0.05, 0.1) is 28.0 Å². The summed E-state index contributed by atoms with van der Waals surface area (Å²) in [5.74, 6) is 0. The van der Waals surface area contributed by atoms with Gasteiger partial charge in [0.2, 0.25) is 0 Å². The molecular formula is C15H12Cl2N2. The maximum Gasteiger partial charge on any atom is 0.0710 e. The Morgan fingerprint density at radius 3 is 2.47 bits per heavy atom. The van der Waals surface area contributed by atoms with Gasteiger partial charge in [-0.1, -0.05) is 53.5 Å². The first-order valence-electron chi connectivity index (χ1n) is 5.99. The number of anilines is 1. The van der Waals surface area contributed by atoms with E-state index in [9.17, 15) is 0 Å². The Bertz CT molecular complexity index is 719. The van der Waals surface area contributed by atoms with Gasteiger partial charge >= 0.3 is 0 Å². The number of para-hydroxylation sites is 2. The Morgan fingerprint density at radius 1 is 0.947 bits per heavy atom. The summed E-state index contributed by atoms with van der Waals surface area (Å²) in [6.07, 6.45) is 0. The van der Waals surface area contributed by atoms with E-state index in [1.807, 2.05) is 48.5 Å². The molecule has 0 aliphatic heterocycles. The summed E-state index contributed by atoms with van der Waals surface area (Å²) < 4.78 is 0. The van der Waals surface area contributed by atoms with Crippen molar-refractivity contribution in [2.45, 2.75) is 6.54 Å². The number of hydrogen-bond acceptors (Lipinski definition) is 1. The van der Waals surface area contributed by atoms with Crippen molar-refractivity contribution in [1.29, 1.82) is 0 Å². The van der Waals surface area contributed by atoms with E-state index in [-0.39, 0.29) is 0 Å². The quantitative estimate of drug-likeness (QED) is 0.691. The average molecular weight is 291 g/mol. The summed E-state index contributed by atoms with van der Waals surface area (Å²) in [4.78, 5) is 3.32. The number of rotatable bonds is 3. The number of halogens is 2. The maximum atomic E-state index is 6.36. The normalized spacial score (nSPS) is 10.8. The summed E-state index contributed by atoms with van der Waals surface area (Å²) in [7, 11) is 0. The van der Waals surface area contributed by atoms with Crippen molar-refractivity contribution in [1.82, 2.24) is 4.98 Å². The van der Waals surface area contributed by atoms with Crippen LogP contribution >= 0.6 is 23.2 Å². The molecule has 0 spiro atoms. The molecule has 0 saturated heterocycles. The molecule has 19 heavy (non-hydrogen) atoms. The second-order valence-electron chi connectivity index (χ2n) is 4.30. The number of H-pyrrole nitrogens is 1. The fraction of sp³-hybridized carbons (Fsp3) is 0.0667. The molecule has 0 unspecified atom stereocenters. The van der Waals surface area contributed by atoms with Gasteiger partial charge in [-0.15, -0.1) is 0 Å². The maximum absolute atomic E-state index is 6.36. The number of aromatic amines is 1. The van der Waals surface area contributed by atoms with E-state index in [1.165, 1.54) is 0 Å². The monoisotopic (exact) mass is 290 g/mol. The molecule has 2 aromatic carbocycles. The Labute approximate surface area is 121 Å². The fourth-order valence-corrected chi connectivity index (χ4v) is 2.55. The third-order valence-corrected chi connectivity index (χ3v) is 3.80. The molecule has 1 heterocycles. The molecular weight excluding hydrogens is 279 g/mol. The SMILES string of the molecule is Clc1ccccc1NCc1[nH]c2ccccc2c1Cl. The van der Waals surface area contributed by atoms with Gasteiger partial charge in [0.15, 0.2) is 0 Å². The molecule has 96 valence electrons. The predicted octanol–water partition coefficient (Wildman–Crippen LogP) is 5.09. The second-order valence-corrected chi connectivity index (χ2v) is 5.08. The van der Waals surface area contributed by atoms with E-state index in [1.54, 1.807) is 0 Å². The minimum Gasteiger partial charge on any atom is -0.378 e. The lowest BCUT2D eigenvalue weighted by atomic mass is 10.2. The van der Waals surface area contributed by atoms with Crippen molar-refractivity contribution in [2.75, 3.05) is 5.32 Å². The first-order chi connectivity index (χ1) is 9.25. The van der Waals surface area contributed by atoms with Crippen LogP contribution in [0.5, 0.6) is 0 Å².